The fourth-order valence-corrected chi connectivity index (χ4v) is 3.86. The van der Waals surface area contributed by atoms with E-state index >= 15 is 0 Å². The second kappa shape index (κ2) is 11.1. The number of carboxylic acids is 1. The lowest BCUT2D eigenvalue weighted by atomic mass is 9.90. The highest BCUT2D eigenvalue weighted by Gasteiger charge is 2.16. The van der Waals surface area contributed by atoms with Crippen LogP contribution in [0.25, 0.3) is 6.08 Å². The molecule has 1 unspecified atom stereocenters. The molecular formula is C27H26N2O4. The number of allylic oxidation sites excluding steroid dienone is 2. The number of ether oxygens (including phenoxy) is 1. The Morgan fingerprint density at radius 1 is 1.03 bits per heavy atom. The summed E-state index contributed by atoms with van der Waals surface area (Å²) in [6.07, 6.45) is 11.8. The van der Waals surface area contributed by atoms with Crippen molar-refractivity contribution in [3.63, 3.8) is 0 Å². The number of carbonyl (C=O) groups is 1. The Kier molecular flexibility index (Phi) is 7.51. The summed E-state index contributed by atoms with van der Waals surface area (Å²) in [4.78, 5) is 20.9. The van der Waals surface area contributed by atoms with Crippen LogP contribution in [0, 0.1) is 0 Å². The molecule has 1 heterocycles. The van der Waals surface area contributed by atoms with E-state index in [4.69, 9.17) is 14.7 Å². The molecule has 0 saturated carbocycles. The van der Waals surface area contributed by atoms with Crippen molar-refractivity contribution in [1.82, 2.24) is 10.5 Å². The molecule has 3 aromatic rings. The number of benzene rings is 2. The summed E-state index contributed by atoms with van der Waals surface area (Å²) in [7, 11) is 0. The van der Waals surface area contributed by atoms with Gasteiger partial charge in [-0.3, -0.25) is 15.3 Å². The van der Waals surface area contributed by atoms with E-state index in [1.165, 1.54) is 5.57 Å². The lowest BCUT2D eigenvalue weighted by Crippen LogP contribution is -2.14. The number of hydrogen-bond acceptors (Lipinski definition) is 5. The van der Waals surface area contributed by atoms with E-state index in [1.54, 1.807) is 12.4 Å². The minimum absolute atomic E-state index is 0.246. The highest BCUT2D eigenvalue weighted by molar-refractivity contribution is 5.69. The zero-order valence-corrected chi connectivity index (χ0v) is 18.2. The summed E-state index contributed by atoms with van der Waals surface area (Å²) in [6.45, 7) is -0.328. The van der Waals surface area contributed by atoms with Crippen LogP contribution in [0.15, 0.2) is 90.9 Å². The van der Waals surface area contributed by atoms with Crippen molar-refractivity contribution < 1.29 is 19.5 Å². The van der Waals surface area contributed by atoms with Gasteiger partial charge in [0.05, 0.1) is 0 Å². The number of hydrogen-bond donors (Lipinski definition) is 2. The zero-order valence-electron chi connectivity index (χ0n) is 18.2. The standard InChI is InChI=1S/C27H26N2O4/c30-26(31)19-32-25-10-4-9-23-18-20(11-12-24(23)25)6-5-15-29-33-27(21-7-2-1-3-8-21)22-13-16-28-17-14-22/h1-5,7-10,13-18,27,29H,6,11-12,19H2,(H,30,31). The molecule has 0 spiro atoms. The van der Waals surface area contributed by atoms with E-state index in [2.05, 4.69) is 16.5 Å². The molecule has 6 heteroatoms. The van der Waals surface area contributed by atoms with Crippen LogP contribution in [0.5, 0.6) is 5.75 Å². The molecule has 2 N–H and O–H groups in total. The lowest BCUT2D eigenvalue weighted by Gasteiger charge is -2.19. The van der Waals surface area contributed by atoms with Crippen molar-refractivity contribution in [1.29, 1.82) is 0 Å². The Bertz CT molecular complexity index is 1090. The van der Waals surface area contributed by atoms with Gasteiger partial charge in [0.15, 0.2) is 6.61 Å². The van der Waals surface area contributed by atoms with E-state index < -0.39 is 5.97 Å². The highest BCUT2D eigenvalue weighted by atomic mass is 16.7. The van der Waals surface area contributed by atoms with E-state index in [-0.39, 0.29) is 12.7 Å². The maximum atomic E-state index is 10.8. The number of fused-ring (bicyclic) bond motifs is 1. The molecule has 0 bridgehead atoms. The summed E-state index contributed by atoms with van der Waals surface area (Å²) in [5.74, 6) is -0.322. The van der Waals surface area contributed by atoms with E-state index in [1.807, 2.05) is 72.9 Å². The van der Waals surface area contributed by atoms with Crippen LogP contribution in [0.2, 0.25) is 0 Å². The minimum atomic E-state index is -0.974. The summed E-state index contributed by atoms with van der Waals surface area (Å²) in [5.41, 5.74) is 8.49. The Balaban J connectivity index is 1.36. The highest BCUT2D eigenvalue weighted by Crippen LogP contribution is 2.32. The average Bonchev–Trinajstić information content (AvgIpc) is 2.85. The second-order valence-electron chi connectivity index (χ2n) is 7.72. The van der Waals surface area contributed by atoms with E-state index in [0.717, 1.165) is 41.5 Å². The predicted molar refractivity (Wildman–Crippen MR) is 126 cm³/mol. The van der Waals surface area contributed by atoms with Gasteiger partial charge in [-0.1, -0.05) is 60.2 Å². The molecule has 4 rings (SSSR count). The van der Waals surface area contributed by atoms with Gasteiger partial charge in [0, 0.05) is 24.2 Å². The molecule has 0 radical (unpaired) electrons. The molecular weight excluding hydrogens is 416 g/mol. The van der Waals surface area contributed by atoms with Crippen LogP contribution in [0.4, 0.5) is 0 Å². The molecule has 33 heavy (non-hydrogen) atoms. The predicted octanol–water partition coefficient (Wildman–Crippen LogP) is 5.09. The third-order valence-corrected chi connectivity index (χ3v) is 5.44. The van der Waals surface area contributed by atoms with Gasteiger partial charge in [-0.25, -0.2) is 4.79 Å². The number of nitrogens with zero attached hydrogens (tertiary/aromatic N) is 1. The molecule has 1 atom stereocenters. The molecule has 0 saturated heterocycles. The molecule has 168 valence electrons. The van der Waals surface area contributed by atoms with Crippen molar-refractivity contribution in [2.75, 3.05) is 6.61 Å². The van der Waals surface area contributed by atoms with Crippen LogP contribution >= 0.6 is 0 Å². The van der Waals surface area contributed by atoms with Gasteiger partial charge in [-0.2, -0.15) is 0 Å². The van der Waals surface area contributed by atoms with Crippen LogP contribution in [0.3, 0.4) is 0 Å². The van der Waals surface area contributed by atoms with Gasteiger partial charge in [-0.15, -0.1) is 0 Å². The van der Waals surface area contributed by atoms with Gasteiger partial charge in [0.25, 0.3) is 0 Å². The maximum Gasteiger partial charge on any atom is 0.341 e. The normalized spacial score (nSPS) is 13.8. The monoisotopic (exact) mass is 442 g/mol. The Labute approximate surface area is 193 Å². The second-order valence-corrected chi connectivity index (χ2v) is 7.72. The first-order valence-electron chi connectivity index (χ1n) is 10.9. The SMILES string of the molecule is O=C(O)COc1cccc2c1CCC(CC=CNOC(c1ccccc1)c1ccncc1)=C2. The largest absolute Gasteiger partial charge is 0.482 e. The van der Waals surface area contributed by atoms with Gasteiger partial charge in [-0.05, 0) is 54.2 Å². The van der Waals surface area contributed by atoms with Gasteiger partial charge in [0.1, 0.15) is 11.9 Å². The van der Waals surface area contributed by atoms with Gasteiger partial charge >= 0.3 is 5.97 Å². The van der Waals surface area contributed by atoms with E-state index in [9.17, 15) is 4.79 Å². The maximum absolute atomic E-state index is 10.8. The molecule has 1 aliphatic rings. The first-order valence-corrected chi connectivity index (χ1v) is 10.9. The van der Waals surface area contributed by atoms with Crippen molar-refractivity contribution in [2.45, 2.75) is 25.4 Å². The number of rotatable bonds is 10. The smallest absolute Gasteiger partial charge is 0.341 e. The van der Waals surface area contributed by atoms with Crippen LogP contribution in [0.1, 0.15) is 41.2 Å². The summed E-state index contributed by atoms with van der Waals surface area (Å²) >= 11 is 0. The third kappa shape index (κ3) is 6.08. The van der Waals surface area contributed by atoms with Crippen molar-refractivity contribution in [3.05, 3.63) is 113 Å². The minimum Gasteiger partial charge on any atom is -0.482 e. The van der Waals surface area contributed by atoms with Gasteiger partial charge in [0.2, 0.25) is 0 Å². The van der Waals surface area contributed by atoms with Crippen molar-refractivity contribution >= 4 is 12.0 Å². The number of carboxylic acid groups (broad SMARTS) is 1. The number of pyridine rings is 1. The molecule has 1 aromatic heterocycles. The van der Waals surface area contributed by atoms with Crippen molar-refractivity contribution in [3.8, 4) is 5.75 Å². The Hall–Kier alpha value is -3.90. The zero-order chi connectivity index (χ0) is 22.9. The summed E-state index contributed by atoms with van der Waals surface area (Å²) < 4.78 is 5.44. The summed E-state index contributed by atoms with van der Waals surface area (Å²) in [6, 6.07) is 19.7. The van der Waals surface area contributed by atoms with Crippen LogP contribution in [-0.4, -0.2) is 22.7 Å². The van der Waals surface area contributed by atoms with Gasteiger partial charge < -0.3 is 9.84 Å². The molecule has 0 fully saturated rings. The topological polar surface area (TPSA) is 80.7 Å². The average molecular weight is 443 g/mol. The first kappa shape index (κ1) is 22.3. The molecule has 0 amide bonds. The van der Waals surface area contributed by atoms with Crippen molar-refractivity contribution in [2.24, 2.45) is 0 Å². The quantitative estimate of drug-likeness (QED) is 0.426. The first-order chi connectivity index (χ1) is 16.2. The lowest BCUT2D eigenvalue weighted by molar-refractivity contribution is -0.139. The molecule has 1 aliphatic carbocycles. The number of aromatic nitrogens is 1. The third-order valence-electron chi connectivity index (χ3n) is 5.44. The number of hydroxylamine groups is 1. The fourth-order valence-electron chi connectivity index (χ4n) is 3.86. The Morgan fingerprint density at radius 3 is 2.61 bits per heavy atom. The molecule has 2 aromatic carbocycles. The fraction of sp³-hybridized carbons (Fsp3) is 0.185. The Morgan fingerprint density at radius 2 is 1.82 bits per heavy atom. The molecule has 6 nitrogen and oxygen atoms in total. The van der Waals surface area contributed by atoms with Crippen LogP contribution < -0.4 is 10.2 Å². The van der Waals surface area contributed by atoms with Crippen LogP contribution in [-0.2, 0) is 16.1 Å². The van der Waals surface area contributed by atoms with E-state index in [0.29, 0.717) is 5.75 Å². The number of nitrogens with one attached hydrogen (secondary N) is 1. The number of aliphatic carboxylic acids is 1. The summed E-state index contributed by atoms with van der Waals surface area (Å²) in [5, 5.41) is 8.86. The molecule has 0 aliphatic heterocycles.